The molecule has 226 valence electrons. The Morgan fingerprint density at radius 2 is 1.67 bits per heavy atom. The molecule has 4 N–H and O–H groups in total. The van der Waals surface area contributed by atoms with Crippen molar-refractivity contribution < 1.29 is 4.79 Å². The van der Waals surface area contributed by atoms with Gasteiger partial charge in [0.05, 0.1) is 0 Å². The van der Waals surface area contributed by atoms with E-state index in [1.165, 1.54) is 70.8 Å². The number of nitrogens with two attached hydrogens (primary N) is 1. The maximum atomic E-state index is 12.3. The molecule has 0 spiro atoms. The average Bonchev–Trinajstić information content (AvgIpc) is 3.25. The quantitative estimate of drug-likeness (QED) is 0.241. The molecule has 4 aliphatic carbocycles. The molecule has 9 atom stereocenters. The van der Waals surface area contributed by atoms with Crippen molar-refractivity contribution in [2.24, 2.45) is 52.1 Å². The van der Waals surface area contributed by atoms with E-state index in [9.17, 15) is 4.79 Å². The summed E-state index contributed by atoms with van der Waals surface area (Å²) in [6.07, 6.45) is 17.0. The summed E-state index contributed by atoms with van der Waals surface area (Å²) in [4.78, 5) is 14.8. The van der Waals surface area contributed by atoms with Crippen LogP contribution < -0.4 is 16.4 Å². The third kappa shape index (κ3) is 7.05. The summed E-state index contributed by atoms with van der Waals surface area (Å²) in [7, 11) is 2.23. The van der Waals surface area contributed by atoms with Crippen molar-refractivity contribution in [2.45, 2.75) is 130 Å². The van der Waals surface area contributed by atoms with Gasteiger partial charge in [0.1, 0.15) is 0 Å². The molecular formula is C34H64N4O. The first-order valence-corrected chi connectivity index (χ1v) is 17.0. The average molecular weight is 545 g/mol. The van der Waals surface area contributed by atoms with Crippen LogP contribution in [0.1, 0.15) is 118 Å². The van der Waals surface area contributed by atoms with Gasteiger partial charge < -0.3 is 21.3 Å². The van der Waals surface area contributed by atoms with Gasteiger partial charge in [-0.05, 0) is 170 Å². The summed E-state index contributed by atoms with van der Waals surface area (Å²) in [5.41, 5.74) is 6.72. The lowest BCUT2D eigenvalue weighted by atomic mass is 9.44. The highest BCUT2D eigenvalue weighted by molar-refractivity contribution is 5.76. The van der Waals surface area contributed by atoms with Gasteiger partial charge in [0.2, 0.25) is 5.91 Å². The maximum absolute atomic E-state index is 12.3. The van der Waals surface area contributed by atoms with Crippen LogP contribution in [0.25, 0.3) is 0 Å². The second kappa shape index (κ2) is 13.6. The van der Waals surface area contributed by atoms with Crippen molar-refractivity contribution in [1.82, 2.24) is 15.5 Å². The van der Waals surface area contributed by atoms with Crippen molar-refractivity contribution in [3.05, 3.63) is 0 Å². The van der Waals surface area contributed by atoms with Crippen molar-refractivity contribution in [3.63, 3.8) is 0 Å². The van der Waals surface area contributed by atoms with E-state index in [4.69, 9.17) is 5.73 Å². The van der Waals surface area contributed by atoms with E-state index in [0.29, 0.717) is 23.2 Å². The number of amides is 1. The molecule has 0 aromatic rings. The zero-order valence-corrected chi connectivity index (χ0v) is 26.6. The first-order valence-electron chi connectivity index (χ1n) is 17.0. The fraction of sp³-hybridized carbons (Fsp3) is 0.971. The van der Waals surface area contributed by atoms with E-state index in [-0.39, 0.29) is 11.9 Å². The Labute approximate surface area is 241 Å². The maximum Gasteiger partial charge on any atom is 0.220 e. The summed E-state index contributed by atoms with van der Waals surface area (Å²) < 4.78 is 0. The Balaban J connectivity index is 1.28. The van der Waals surface area contributed by atoms with E-state index < -0.39 is 0 Å². The summed E-state index contributed by atoms with van der Waals surface area (Å²) in [6.45, 7) is 16.2. The number of nitrogens with one attached hydrogen (secondary N) is 2. The van der Waals surface area contributed by atoms with Crippen LogP contribution >= 0.6 is 0 Å². The van der Waals surface area contributed by atoms with Crippen LogP contribution in [0.3, 0.4) is 0 Å². The SMILES string of the molecule is CC(C)NC(=O)CC[C@@H](C)[C@H]1CCC2C3CCC4C[C@@H](NCCCN(C)CCCN)CC[C@]4(C)C3CC[C@@]21C. The molecule has 0 radical (unpaired) electrons. The molecule has 4 saturated carbocycles. The molecule has 39 heavy (non-hydrogen) atoms. The number of carbonyl (C=O) groups is 1. The molecule has 4 rings (SSSR count). The number of rotatable bonds is 13. The molecule has 5 nitrogen and oxygen atoms in total. The van der Waals surface area contributed by atoms with Crippen LogP contribution in [0.5, 0.6) is 0 Å². The molecule has 4 unspecified atom stereocenters. The van der Waals surface area contributed by atoms with E-state index in [0.717, 1.165) is 68.1 Å². The lowest BCUT2D eigenvalue weighted by Crippen LogP contribution is -2.55. The van der Waals surface area contributed by atoms with E-state index in [1.807, 2.05) is 0 Å². The number of carbonyl (C=O) groups excluding carboxylic acids is 1. The Bertz CT molecular complexity index is 787. The van der Waals surface area contributed by atoms with Crippen molar-refractivity contribution in [3.8, 4) is 0 Å². The molecule has 0 aromatic heterocycles. The zero-order chi connectivity index (χ0) is 28.2. The number of fused-ring (bicyclic) bond motifs is 5. The topological polar surface area (TPSA) is 70.4 Å². The fourth-order valence-corrected chi connectivity index (χ4v) is 10.5. The molecule has 0 heterocycles. The number of hydrogen-bond acceptors (Lipinski definition) is 4. The van der Waals surface area contributed by atoms with Gasteiger partial charge >= 0.3 is 0 Å². The summed E-state index contributed by atoms with van der Waals surface area (Å²) in [5.74, 6) is 5.41. The van der Waals surface area contributed by atoms with Crippen LogP contribution in [-0.4, -0.2) is 56.1 Å². The van der Waals surface area contributed by atoms with E-state index in [2.05, 4.69) is 57.2 Å². The minimum absolute atomic E-state index is 0.242. The Morgan fingerprint density at radius 1 is 0.949 bits per heavy atom. The van der Waals surface area contributed by atoms with E-state index >= 15 is 0 Å². The van der Waals surface area contributed by atoms with Gasteiger partial charge in [0.25, 0.3) is 0 Å². The molecule has 1 amide bonds. The van der Waals surface area contributed by atoms with Crippen LogP contribution in [0.2, 0.25) is 0 Å². The minimum Gasteiger partial charge on any atom is -0.354 e. The van der Waals surface area contributed by atoms with Crippen LogP contribution in [0.15, 0.2) is 0 Å². The first-order chi connectivity index (χ1) is 18.6. The van der Waals surface area contributed by atoms with Gasteiger partial charge in [-0.3, -0.25) is 4.79 Å². The largest absolute Gasteiger partial charge is 0.354 e. The van der Waals surface area contributed by atoms with Crippen molar-refractivity contribution in [2.75, 3.05) is 33.2 Å². The predicted molar refractivity (Wildman–Crippen MR) is 164 cm³/mol. The molecule has 0 bridgehead atoms. The zero-order valence-electron chi connectivity index (χ0n) is 26.6. The normalized spacial score (nSPS) is 38.8. The van der Waals surface area contributed by atoms with Gasteiger partial charge in [-0.25, -0.2) is 0 Å². The fourth-order valence-electron chi connectivity index (χ4n) is 10.5. The first kappa shape index (κ1) is 31.3. The molecule has 0 saturated heterocycles. The highest BCUT2D eigenvalue weighted by atomic mass is 16.1. The van der Waals surface area contributed by atoms with Crippen LogP contribution in [-0.2, 0) is 4.79 Å². The standard InChI is InChI=1S/C34H64N4O/c1-24(2)37-32(39)14-9-25(3)29-12-13-30-28-11-10-26-23-27(36-20-8-22-38(6)21-7-19-35)15-17-33(26,4)31(28)16-18-34(29,30)5/h24-31,36H,7-23,35H2,1-6H3,(H,37,39)/t25-,26?,27+,28?,29-,30?,31?,33+,34-/m1/s1. The Hall–Kier alpha value is -0.650. The van der Waals surface area contributed by atoms with Gasteiger partial charge in [0, 0.05) is 18.5 Å². The predicted octanol–water partition coefficient (Wildman–Crippen LogP) is 6.22. The molecule has 4 aliphatic rings. The summed E-state index contributed by atoms with van der Waals surface area (Å²) >= 11 is 0. The van der Waals surface area contributed by atoms with Crippen LogP contribution in [0.4, 0.5) is 0 Å². The summed E-state index contributed by atoms with van der Waals surface area (Å²) in [5, 5.41) is 7.07. The Kier molecular flexibility index (Phi) is 10.9. The molecule has 4 fully saturated rings. The van der Waals surface area contributed by atoms with Crippen molar-refractivity contribution >= 4 is 5.91 Å². The smallest absolute Gasteiger partial charge is 0.220 e. The van der Waals surface area contributed by atoms with Crippen molar-refractivity contribution in [1.29, 1.82) is 0 Å². The second-order valence-electron chi connectivity index (χ2n) is 15.3. The lowest BCUT2D eigenvalue weighted by molar-refractivity contribution is -0.123. The van der Waals surface area contributed by atoms with Gasteiger partial charge in [-0.15, -0.1) is 0 Å². The molecule has 5 heteroatoms. The second-order valence-corrected chi connectivity index (χ2v) is 15.3. The Morgan fingerprint density at radius 3 is 2.41 bits per heavy atom. The highest BCUT2D eigenvalue weighted by Gasteiger charge is 2.60. The van der Waals surface area contributed by atoms with Gasteiger partial charge in [-0.2, -0.15) is 0 Å². The third-order valence-electron chi connectivity index (χ3n) is 12.6. The van der Waals surface area contributed by atoms with Crippen LogP contribution in [0, 0.1) is 46.3 Å². The lowest BCUT2D eigenvalue weighted by Gasteiger charge is -2.61. The molecule has 0 aliphatic heterocycles. The monoisotopic (exact) mass is 545 g/mol. The van der Waals surface area contributed by atoms with E-state index in [1.54, 1.807) is 0 Å². The summed E-state index contributed by atoms with van der Waals surface area (Å²) in [6, 6.07) is 0.977. The molecule has 0 aromatic carbocycles. The number of nitrogens with zero attached hydrogens (tertiary/aromatic N) is 1. The van der Waals surface area contributed by atoms with Gasteiger partial charge in [0.15, 0.2) is 0 Å². The van der Waals surface area contributed by atoms with Gasteiger partial charge in [-0.1, -0.05) is 20.8 Å². The molecular weight excluding hydrogens is 480 g/mol. The third-order valence-corrected chi connectivity index (χ3v) is 12.6. The highest BCUT2D eigenvalue weighted by Crippen LogP contribution is 2.68. The minimum atomic E-state index is 0.242. The number of hydrogen-bond donors (Lipinski definition) is 3.